The summed E-state index contributed by atoms with van der Waals surface area (Å²) in [5, 5.41) is 11.9. The molecule has 504 valence electrons. The summed E-state index contributed by atoms with van der Waals surface area (Å²) in [5.74, 6) is -0.191. The van der Waals surface area contributed by atoms with Gasteiger partial charge in [0.25, 0.3) is 0 Å². The number of fused-ring (bicyclic) bond motifs is 20. The quantitative estimate of drug-likeness (QED) is 0.157. The molecule has 4 aliphatic heterocycles. The minimum Gasteiger partial charge on any atom is -0.310 e. The molecule has 0 aliphatic carbocycles. The molecule has 4 aliphatic rings. The fourth-order valence-corrected chi connectivity index (χ4v) is 19.4. The largest absolute Gasteiger partial charge is 0.310 e. The molecule has 0 fully saturated rings. The molecule has 0 bridgehead atoms. The third-order valence-electron chi connectivity index (χ3n) is 22.9. The van der Waals surface area contributed by atoms with E-state index in [0.717, 1.165) is 20.0 Å². The fraction of sp³-hybridized carbons (Fsp3) is 0. The van der Waals surface area contributed by atoms with Gasteiger partial charge in [-0.15, -0.1) is 0 Å². The van der Waals surface area contributed by atoms with Crippen LogP contribution in [-0.2, 0) is 0 Å². The molecule has 20 aromatic rings. The topological polar surface area (TPSA) is 19.7 Å². The van der Waals surface area contributed by atoms with Gasteiger partial charge >= 0.3 is 0 Å². The lowest BCUT2D eigenvalue weighted by Gasteiger charge is -2.27. The van der Waals surface area contributed by atoms with E-state index in [-0.39, 0.29) is 32.7 Å². The summed E-state index contributed by atoms with van der Waals surface area (Å²) in [7, 11) is 0. The van der Waals surface area contributed by atoms with E-state index in [1.165, 1.54) is 176 Å². The van der Waals surface area contributed by atoms with Gasteiger partial charge in [0.05, 0.1) is 22.1 Å². The lowest BCUT2D eigenvalue weighted by atomic mass is 9.35. The van der Waals surface area contributed by atoms with Gasteiger partial charge in [0.15, 0.2) is 0 Å². The van der Waals surface area contributed by atoms with Crippen LogP contribution in [0.2, 0.25) is 10.0 Å². The van der Waals surface area contributed by atoms with Crippen molar-refractivity contribution in [2.75, 3.05) is 0 Å². The number of hydrogen-bond donors (Lipinski definition) is 0. The molecule has 24 rings (SSSR count). The van der Waals surface area contributed by atoms with Crippen LogP contribution in [0.5, 0.6) is 0 Å². The number of aromatic nitrogens is 4. The Morgan fingerprint density at radius 1 is 0.222 bits per heavy atom. The monoisotopic (exact) mass is 1480 g/mol. The number of para-hydroxylation sites is 12. The Kier molecular flexibility index (Phi) is 15.4. The lowest BCUT2D eigenvalue weighted by molar-refractivity contribution is 0.629. The average Bonchev–Trinajstić information content (AvgIpc) is 1.56. The van der Waals surface area contributed by atoms with Crippen LogP contribution in [0.1, 0.15) is 0 Å². The molecule has 0 N–H and O–H groups in total. The third-order valence-corrected chi connectivity index (χ3v) is 23.8. The van der Waals surface area contributed by atoms with E-state index in [4.69, 9.17) is 23.2 Å². The fourth-order valence-electron chi connectivity index (χ4n) is 18.7. The molecule has 8 heterocycles. The minimum atomic E-state index is -0.191. The molecule has 4 nitrogen and oxygen atoms in total. The van der Waals surface area contributed by atoms with Crippen LogP contribution in [0, 0.1) is 5.82 Å². The second-order valence-electron chi connectivity index (χ2n) is 28.6. The van der Waals surface area contributed by atoms with E-state index < -0.39 is 0 Å². The van der Waals surface area contributed by atoms with Crippen molar-refractivity contribution < 1.29 is 4.39 Å². The second kappa shape index (κ2) is 25.9. The summed E-state index contributed by atoms with van der Waals surface area (Å²) >= 11 is 16.2. The first kappa shape index (κ1) is 64.4. The Labute approximate surface area is 643 Å². The zero-order valence-electron chi connectivity index (χ0n) is 58.3. The molecule has 16 aromatic carbocycles. The van der Waals surface area contributed by atoms with Crippen LogP contribution in [0.3, 0.4) is 0 Å². The van der Waals surface area contributed by atoms with Crippen molar-refractivity contribution in [3.05, 3.63) is 384 Å². The summed E-state index contributed by atoms with van der Waals surface area (Å²) in [5.41, 5.74) is 30.5. The normalized spacial score (nSPS) is 12.6. The van der Waals surface area contributed by atoms with Crippen LogP contribution < -0.4 is 65.6 Å². The van der Waals surface area contributed by atoms with Crippen molar-refractivity contribution in [1.29, 1.82) is 0 Å². The van der Waals surface area contributed by atoms with Crippen LogP contribution in [0.25, 0.3) is 110 Å². The van der Waals surface area contributed by atoms with Crippen molar-refractivity contribution in [2.24, 2.45) is 0 Å². The first-order valence-corrected chi connectivity index (χ1v) is 38.3. The van der Waals surface area contributed by atoms with Crippen molar-refractivity contribution in [3.8, 4) is 22.7 Å². The molecule has 12 heteroatoms. The molecule has 0 unspecified atom stereocenters. The summed E-state index contributed by atoms with van der Waals surface area (Å²) in [6, 6.07) is 128. The second-order valence-corrected chi connectivity index (χ2v) is 30.4. The maximum atomic E-state index is 14.0. The summed E-state index contributed by atoms with van der Waals surface area (Å²) in [6.45, 7) is 0.649. The van der Waals surface area contributed by atoms with E-state index in [1.54, 1.807) is 12.1 Å². The molecule has 0 saturated heterocycles. The zero-order chi connectivity index (χ0) is 71.8. The van der Waals surface area contributed by atoms with Crippen molar-refractivity contribution in [1.82, 2.24) is 18.3 Å². The van der Waals surface area contributed by atoms with E-state index in [1.807, 2.05) is 30.3 Å². The summed E-state index contributed by atoms with van der Waals surface area (Å²) in [6.07, 6.45) is 0. The highest BCUT2D eigenvalue weighted by molar-refractivity contribution is 9.10. The highest BCUT2D eigenvalue weighted by atomic mass is 79.9. The van der Waals surface area contributed by atoms with Crippen molar-refractivity contribution in [3.63, 3.8) is 0 Å². The van der Waals surface area contributed by atoms with Gasteiger partial charge in [-0.3, -0.25) is 0 Å². The Balaban J connectivity index is 0.0000000919. The van der Waals surface area contributed by atoms with Gasteiger partial charge in [-0.05, 0) is 135 Å². The lowest BCUT2D eigenvalue weighted by Crippen LogP contribution is -2.55. The minimum absolute atomic E-state index is 0.0254. The SMILES string of the molecule is Brc1cccc(B2c3ccccc3-n3c4ccccc4c4cccc2c43)c1.Clc1ccc(B2c3ccccc3-n3c4ccccc4c4cccc2c43)cc1.Clc1cccc(B2c3ccccc3-n3c4ccccc4c4cccc2c43)c1.Fc1cccc(B2c3ccccc3-n3c4ccccc4c4cccc2c43)c1. The standard InChI is InChI=1S/C24H15BBrN.2C24H15BClN.C24H15BFN/c2*26-17-8-5-7-16(15-17)25-20-11-2-4-14-23(20)27-22-13-3-1-9-18(22)19-10-6-12-21(25)24(19)27;26-17-14-12-16(13-15-17)25-20-8-2-4-11-23(20)27-22-10-3-1-6-18(22)19-7-5-9-21(25)24(19)27;26-17-8-5-7-16(15-17)25-20-11-2-4-14-23(20)27-22-13-3-1-9-18(22)19-10-6-12-21(25)24(19)27/h4*1-15H. The van der Waals surface area contributed by atoms with Gasteiger partial charge < -0.3 is 18.3 Å². The predicted molar refractivity (Wildman–Crippen MR) is 465 cm³/mol. The third kappa shape index (κ3) is 10.1. The van der Waals surface area contributed by atoms with Gasteiger partial charge in [-0.1, -0.05) is 334 Å². The smallest absolute Gasteiger partial charge is 0.246 e. The molecular weight excluding hydrogens is 1420 g/mol. The number of benzene rings is 16. The van der Waals surface area contributed by atoms with Crippen LogP contribution in [0.4, 0.5) is 4.39 Å². The van der Waals surface area contributed by atoms with E-state index in [9.17, 15) is 4.39 Å². The molecular formula is C96H60B4BrCl2FN4. The van der Waals surface area contributed by atoms with Crippen molar-refractivity contribution in [2.45, 2.75) is 0 Å². The zero-order valence-corrected chi connectivity index (χ0v) is 61.3. The number of nitrogens with zero attached hydrogens (tertiary/aromatic N) is 4. The Bertz CT molecular complexity index is 6580. The van der Waals surface area contributed by atoms with Gasteiger partial charge in [0, 0.05) is 102 Å². The van der Waals surface area contributed by atoms with Gasteiger partial charge in [-0.2, -0.15) is 0 Å². The van der Waals surface area contributed by atoms with Crippen molar-refractivity contribution >= 4 is 219 Å². The molecule has 0 saturated carbocycles. The van der Waals surface area contributed by atoms with Gasteiger partial charge in [-0.25, -0.2) is 4.39 Å². The number of rotatable bonds is 4. The Morgan fingerprint density at radius 2 is 0.500 bits per heavy atom. The van der Waals surface area contributed by atoms with Crippen LogP contribution >= 0.6 is 39.1 Å². The molecule has 0 atom stereocenters. The molecule has 108 heavy (non-hydrogen) atoms. The Hall–Kier alpha value is -12.0. The first-order valence-electron chi connectivity index (χ1n) is 36.8. The van der Waals surface area contributed by atoms with Gasteiger partial charge in [0.1, 0.15) is 5.82 Å². The van der Waals surface area contributed by atoms with E-state index >= 15 is 0 Å². The number of halogens is 4. The molecule has 0 radical (unpaired) electrons. The van der Waals surface area contributed by atoms with Crippen LogP contribution in [-0.4, -0.2) is 45.1 Å². The number of hydrogen-bond acceptors (Lipinski definition) is 0. The Morgan fingerprint density at radius 3 is 0.852 bits per heavy atom. The average molecular weight is 1480 g/mol. The van der Waals surface area contributed by atoms with Crippen LogP contribution in [0.15, 0.2) is 368 Å². The predicted octanol–water partition coefficient (Wildman–Crippen LogP) is 16.7. The maximum absolute atomic E-state index is 14.0. The maximum Gasteiger partial charge on any atom is 0.246 e. The first-order chi connectivity index (χ1) is 53.3. The summed E-state index contributed by atoms with van der Waals surface area (Å²) in [4.78, 5) is 0. The highest BCUT2D eigenvalue weighted by Gasteiger charge is 2.38. The van der Waals surface area contributed by atoms with E-state index in [2.05, 4.69) is 350 Å². The highest BCUT2D eigenvalue weighted by Crippen LogP contribution is 2.38. The van der Waals surface area contributed by atoms with E-state index in [0.29, 0.717) is 0 Å². The molecule has 0 amide bonds. The summed E-state index contributed by atoms with van der Waals surface area (Å²) < 4.78 is 24.8. The molecule has 4 aromatic heterocycles. The molecule has 0 spiro atoms. The van der Waals surface area contributed by atoms with Gasteiger partial charge in [0.2, 0.25) is 26.9 Å².